The van der Waals surface area contributed by atoms with E-state index in [4.69, 9.17) is 5.11 Å². The van der Waals surface area contributed by atoms with Crippen LogP contribution in [0.5, 0.6) is 0 Å². The van der Waals surface area contributed by atoms with Gasteiger partial charge in [0, 0.05) is 30.9 Å². The summed E-state index contributed by atoms with van der Waals surface area (Å²) in [5.41, 5.74) is 0.349. The number of aliphatic carboxylic acids is 1. The maximum absolute atomic E-state index is 12.9. The molecule has 0 aromatic heterocycles. The number of hydrogen-bond donors (Lipinski definition) is 2. The molecular weight excluding hydrogens is 347 g/mol. The molecule has 8 nitrogen and oxygen atoms in total. The maximum Gasteiger partial charge on any atom is 0.394 e. The van der Waals surface area contributed by atoms with Crippen molar-refractivity contribution in [1.29, 1.82) is 0 Å². The second kappa shape index (κ2) is 6.57. The van der Waals surface area contributed by atoms with Crippen LogP contribution in [-0.4, -0.2) is 46.2 Å². The second-order valence-electron chi connectivity index (χ2n) is 5.68. The summed E-state index contributed by atoms with van der Waals surface area (Å²) in [5, 5.41) is 22.0. The van der Waals surface area contributed by atoms with E-state index < -0.39 is 48.0 Å². The van der Waals surface area contributed by atoms with Gasteiger partial charge in [-0.25, -0.2) is 4.79 Å². The zero-order valence-corrected chi connectivity index (χ0v) is 12.9. The topological polar surface area (TPSA) is 113 Å². The summed E-state index contributed by atoms with van der Waals surface area (Å²) < 4.78 is 38.8. The van der Waals surface area contributed by atoms with Gasteiger partial charge in [0.25, 0.3) is 5.69 Å². The Balaban J connectivity index is 2.14. The molecule has 0 spiro atoms. The number of aryl methyl sites for hydroxylation is 1. The van der Waals surface area contributed by atoms with Crippen molar-refractivity contribution < 1.29 is 32.8 Å². The Morgan fingerprint density at radius 3 is 2.44 bits per heavy atom. The summed E-state index contributed by atoms with van der Waals surface area (Å²) in [4.78, 5) is 34.0. The van der Waals surface area contributed by atoms with Crippen LogP contribution in [-0.2, 0) is 4.79 Å². The zero-order chi connectivity index (χ0) is 18.9. The minimum absolute atomic E-state index is 0.193. The molecule has 0 aliphatic carbocycles. The van der Waals surface area contributed by atoms with Crippen molar-refractivity contribution in [2.75, 3.05) is 18.4 Å². The van der Waals surface area contributed by atoms with Gasteiger partial charge >= 0.3 is 18.2 Å². The predicted molar refractivity (Wildman–Crippen MR) is 79.1 cm³/mol. The van der Waals surface area contributed by atoms with E-state index in [-0.39, 0.29) is 11.4 Å². The van der Waals surface area contributed by atoms with E-state index in [1.165, 1.54) is 19.1 Å². The van der Waals surface area contributed by atoms with Gasteiger partial charge in [-0.1, -0.05) is 0 Å². The number of urea groups is 1. The smallest absolute Gasteiger partial charge is 0.394 e. The molecule has 1 aromatic carbocycles. The van der Waals surface area contributed by atoms with Crippen molar-refractivity contribution >= 4 is 23.4 Å². The first kappa shape index (κ1) is 18.5. The van der Waals surface area contributed by atoms with Crippen molar-refractivity contribution in [3.8, 4) is 0 Å². The van der Waals surface area contributed by atoms with E-state index in [1.807, 2.05) is 0 Å². The van der Waals surface area contributed by atoms with Crippen LogP contribution in [0.4, 0.5) is 29.3 Å². The fourth-order valence-corrected chi connectivity index (χ4v) is 2.65. The third-order valence-electron chi connectivity index (χ3n) is 4.01. The Kier molecular flexibility index (Phi) is 4.86. The average Bonchev–Trinajstić information content (AvgIpc) is 2.94. The molecule has 11 heteroatoms. The van der Waals surface area contributed by atoms with Gasteiger partial charge < -0.3 is 15.3 Å². The number of carboxylic acid groups (broad SMARTS) is 1. The van der Waals surface area contributed by atoms with Crippen LogP contribution in [0.2, 0.25) is 0 Å². The van der Waals surface area contributed by atoms with Gasteiger partial charge in [0.05, 0.1) is 16.8 Å². The van der Waals surface area contributed by atoms with E-state index in [0.29, 0.717) is 5.56 Å². The summed E-state index contributed by atoms with van der Waals surface area (Å²) in [6.45, 7) is 0.154. The summed E-state index contributed by atoms with van der Waals surface area (Å²) in [5.74, 6) is -5.50. The van der Waals surface area contributed by atoms with Gasteiger partial charge in [-0.05, 0) is 18.6 Å². The first-order chi connectivity index (χ1) is 11.5. The minimum atomic E-state index is -4.73. The second-order valence-corrected chi connectivity index (χ2v) is 5.68. The van der Waals surface area contributed by atoms with Crippen molar-refractivity contribution in [3.05, 3.63) is 33.9 Å². The van der Waals surface area contributed by atoms with Crippen molar-refractivity contribution in [3.63, 3.8) is 0 Å². The third kappa shape index (κ3) is 3.98. The van der Waals surface area contributed by atoms with E-state index in [1.54, 1.807) is 0 Å². The largest absolute Gasteiger partial charge is 0.481 e. The highest BCUT2D eigenvalue weighted by Crippen LogP contribution is 2.38. The van der Waals surface area contributed by atoms with Crippen LogP contribution >= 0.6 is 0 Å². The first-order valence-corrected chi connectivity index (χ1v) is 7.11. The Labute approximate surface area is 139 Å². The van der Waals surface area contributed by atoms with E-state index in [2.05, 4.69) is 5.32 Å². The highest BCUT2D eigenvalue weighted by atomic mass is 19.4. The number of anilines is 1. The average molecular weight is 361 g/mol. The number of nitro groups is 1. The highest BCUT2D eigenvalue weighted by molar-refractivity contribution is 5.91. The molecule has 1 aromatic rings. The zero-order valence-electron chi connectivity index (χ0n) is 12.9. The minimum Gasteiger partial charge on any atom is -0.481 e. The SMILES string of the molecule is Cc1cc([N+](=O)[O-])ccc1NC(=O)N1C[C@@H](C(F)(F)F)[C@H](C(=O)O)C1. The van der Waals surface area contributed by atoms with Gasteiger partial charge in [0.15, 0.2) is 0 Å². The lowest BCUT2D eigenvalue weighted by atomic mass is 9.96. The molecule has 0 radical (unpaired) electrons. The number of amides is 2. The van der Waals surface area contributed by atoms with Crippen LogP contribution in [0, 0.1) is 28.9 Å². The normalized spacial score (nSPS) is 20.4. The van der Waals surface area contributed by atoms with Gasteiger partial charge in [-0.15, -0.1) is 0 Å². The monoisotopic (exact) mass is 361 g/mol. The molecule has 25 heavy (non-hydrogen) atoms. The lowest BCUT2D eigenvalue weighted by molar-refractivity contribution is -0.384. The van der Waals surface area contributed by atoms with Crippen LogP contribution in [0.25, 0.3) is 0 Å². The van der Waals surface area contributed by atoms with Crippen LogP contribution < -0.4 is 5.32 Å². The Hall–Kier alpha value is -2.85. The molecule has 2 rings (SSSR count). The Bertz CT molecular complexity index is 722. The molecule has 2 atom stereocenters. The van der Waals surface area contributed by atoms with Crippen LogP contribution in [0.3, 0.4) is 0 Å². The number of nitro benzene ring substituents is 1. The fraction of sp³-hybridized carbons (Fsp3) is 0.429. The molecule has 0 bridgehead atoms. The molecule has 1 heterocycles. The number of non-ortho nitro benzene ring substituents is 1. The molecule has 0 saturated carbocycles. The molecule has 2 N–H and O–H groups in total. The predicted octanol–water partition coefficient (Wildman–Crippen LogP) is 2.63. The quantitative estimate of drug-likeness (QED) is 0.635. The van der Waals surface area contributed by atoms with Crippen LogP contribution in [0.15, 0.2) is 18.2 Å². The van der Waals surface area contributed by atoms with Gasteiger partial charge in [0.1, 0.15) is 0 Å². The first-order valence-electron chi connectivity index (χ1n) is 7.11. The van der Waals surface area contributed by atoms with Crippen molar-refractivity contribution in [2.24, 2.45) is 11.8 Å². The van der Waals surface area contributed by atoms with Gasteiger partial charge in [-0.2, -0.15) is 13.2 Å². The molecule has 136 valence electrons. The van der Waals surface area contributed by atoms with Crippen molar-refractivity contribution in [1.82, 2.24) is 4.90 Å². The van der Waals surface area contributed by atoms with Crippen molar-refractivity contribution in [2.45, 2.75) is 13.1 Å². The number of carbonyl (C=O) groups excluding carboxylic acids is 1. The maximum atomic E-state index is 12.9. The van der Waals surface area contributed by atoms with Gasteiger partial charge in [-0.3, -0.25) is 14.9 Å². The molecule has 1 aliphatic heterocycles. The molecule has 1 fully saturated rings. The lowest BCUT2D eigenvalue weighted by Gasteiger charge is -2.19. The number of nitrogens with zero attached hydrogens (tertiary/aromatic N) is 2. The van der Waals surface area contributed by atoms with E-state index in [0.717, 1.165) is 11.0 Å². The number of halogens is 3. The van der Waals surface area contributed by atoms with E-state index in [9.17, 15) is 32.9 Å². The third-order valence-corrected chi connectivity index (χ3v) is 4.01. The number of hydrogen-bond acceptors (Lipinski definition) is 4. The number of benzene rings is 1. The Morgan fingerprint density at radius 1 is 1.36 bits per heavy atom. The highest BCUT2D eigenvalue weighted by Gasteiger charge is 2.53. The molecule has 2 amide bonds. The van der Waals surface area contributed by atoms with E-state index >= 15 is 0 Å². The number of alkyl halides is 3. The Morgan fingerprint density at radius 2 is 2.00 bits per heavy atom. The van der Waals surface area contributed by atoms with Crippen LogP contribution in [0.1, 0.15) is 5.56 Å². The summed E-state index contributed by atoms with van der Waals surface area (Å²) >= 11 is 0. The summed E-state index contributed by atoms with van der Waals surface area (Å²) in [6, 6.07) is 2.72. The lowest BCUT2D eigenvalue weighted by Crippen LogP contribution is -2.35. The summed E-state index contributed by atoms with van der Waals surface area (Å²) in [6.07, 6.45) is -4.73. The molecule has 1 aliphatic rings. The molecule has 1 saturated heterocycles. The number of nitrogens with one attached hydrogen (secondary N) is 1. The fourth-order valence-electron chi connectivity index (χ4n) is 2.65. The number of rotatable bonds is 3. The number of likely N-dealkylation sites (tertiary alicyclic amines) is 1. The summed E-state index contributed by atoms with van der Waals surface area (Å²) in [7, 11) is 0. The molecule has 0 unspecified atom stereocenters. The number of carboxylic acids is 1. The number of carbonyl (C=O) groups is 2. The standard InChI is InChI=1S/C14H14F3N3O5/c1-7-4-8(20(24)25)2-3-11(7)18-13(23)19-5-9(12(21)22)10(6-19)14(15,16)17/h2-4,9-10H,5-6H2,1H3,(H,18,23)(H,21,22)/t9-,10-/m1/s1. The van der Waals surface area contributed by atoms with Gasteiger partial charge in [0.2, 0.25) is 0 Å². The molecular formula is C14H14F3N3O5.